The van der Waals surface area contributed by atoms with E-state index in [2.05, 4.69) is 33.8 Å². The molecule has 16 heavy (non-hydrogen) atoms. The molecular weight excluding hydrogens is 196 g/mol. The van der Waals surface area contributed by atoms with Crippen molar-refractivity contribution in [3.8, 4) is 0 Å². The number of hydrogen-bond donors (Lipinski definition) is 0. The third-order valence-corrected chi connectivity index (χ3v) is 4.91. The minimum Gasteiger partial charge on any atom is -0.472 e. The van der Waals surface area contributed by atoms with Crippen LogP contribution in [0.1, 0.15) is 34.1 Å². The fraction of sp³-hybridized carbons (Fsp3) is 0.600. The topological polar surface area (TPSA) is 9.23 Å². The van der Waals surface area contributed by atoms with E-state index in [4.69, 9.17) is 4.74 Å². The van der Waals surface area contributed by atoms with Gasteiger partial charge in [0.15, 0.2) is 0 Å². The molecule has 0 spiro atoms. The smallest absolute Gasteiger partial charge is 0.0942 e. The average molecular weight is 216 g/mol. The molecule has 0 aromatic carbocycles. The molecule has 1 fully saturated rings. The van der Waals surface area contributed by atoms with Crippen molar-refractivity contribution in [3.63, 3.8) is 0 Å². The van der Waals surface area contributed by atoms with Crippen molar-refractivity contribution < 1.29 is 4.74 Å². The zero-order chi connectivity index (χ0) is 11.5. The van der Waals surface area contributed by atoms with E-state index >= 15 is 0 Å². The highest BCUT2D eigenvalue weighted by Gasteiger charge is 2.61. The first kappa shape index (κ1) is 10.2. The normalized spacial score (nSPS) is 39.2. The number of rotatable bonds is 0. The average Bonchev–Trinajstić information content (AvgIpc) is 2.81. The van der Waals surface area contributed by atoms with Gasteiger partial charge in [-0.15, -0.1) is 0 Å². The molecule has 0 aromatic heterocycles. The van der Waals surface area contributed by atoms with E-state index < -0.39 is 0 Å². The third-order valence-electron chi connectivity index (χ3n) is 4.91. The van der Waals surface area contributed by atoms with Crippen molar-refractivity contribution in [2.45, 2.75) is 34.1 Å². The van der Waals surface area contributed by atoms with Crippen LogP contribution < -0.4 is 0 Å². The number of allylic oxidation sites excluding steroid dienone is 4. The summed E-state index contributed by atoms with van der Waals surface area (Å²) in [5.74, 6) is 2.28. The van der Waals surface area contributed by atoms with E-state index in [0.29, 0.717) is 11.3 Å². The Hall–Kier alpha value is -0.980. The molecule has 0 N–H and O–H groups in total. The molecule has 1 saturated carbocycles. The molecule has 0 radical (unpaired) electrons. The molecule has 1 aliphatic heterocycles. The van der Waals surface area contributed by atoms with Gasteiger partial charge in [0.05, 0.1) is 12.5 Å². The van der Waals surface area contributed by atoms with Gasteiger partial charge in [0, 0.05) is 5.92 Å². The van der Waals surface area contributed by atoms with E-state index in [1.807, 2.05) is 12.5 Å². The maximum atomic E-state index is 5.45. The van der Waals surface area contributed by atoms with Gasteiger partial charge >= 0.3 is 0 Å². The maximum absolute atomic E-state index is 5.45. The van der Waals surface area contributed by atoms with Gasteiger partial charge in [-0.3, -0.25) is 0 Å². The lowest BCUT2D eigenvalue weighted by Gasteiger charge is -2.25. The monoisotopic (exact) mass is 216 g/mol. The summed E-state index contributed by atoms with van der Waals surface area (Å²) in [4.78, 5) is 0. The van der Waals surface area contributed by atoms with Crippen molar-refractivity contribution in [1.82, 2.24) is 0 Å². The van der Waals surface area contributed by atoms with E-state index in [0.717, 1.165) is 11.8 Å². The SMILES string of the molecule is CC1=CC[C@H]2[C@@H]([C@H]3C(C)=COC=C13)C2(C)C. The van der Waals surface area contributed by atoms with E-state index in [-0.39, 0.29) is 0 Å². The summed E-state index contributed by atoms with van der Waals surface area (Å²) >= 11 is 0. The number of hydrogen-bond acceptors (Lipinski definition) is 1. The van der Waals surface area contributed by atoms with Crippen molar-refractivity contribution in [2.75, 3.05) is 0 Å². The second kappa shape index (κ2) is 3.03. The van der Waals surface area contributed by atoms with Crippen LogP contribution in [0, 0.1) is 23.2 Å². The largest absolute Gasteiger partial charge is 0.472 e. The zero-order valence-corrected chi connectivity index (χ0v) is 10.6. The molecule has 0 saturated heterocycles. The molecular formula is C15H20O. The highest BCUT2D eigenvalue weighted by molar-refractivity contribution is 5.42. The minimum absolute atomic E-state index is 0.507. The summed E-state index contributed by atoms with van der Waals surface area (Å²) in [6.07, 6.45) is 7.53. The van der Waals surface area contributed by atoms with Gasteiger partial charge in [0.1, 0.15) is 0 Å². The second-order valence-electron chi connectivity index (χ2n) is 6.13. The summed E-state index contributed by atoms with van der Waals surface area (Å²) in [6.45, 7) is 9.26. The van der Waals surface area contributed by atoms with Crippen molar-refractivity contribution in [2.24, 2.45) is 23.2 Å². The molecule has 2 aliphatic carbocycles. The molecule has 1 heteroatoms. The molecule has 3 atom stereocenters. The Morgan fingerprint density at radius 3 is 2.75 bits per heavy atom. The summed E-state index contributed by atoms with van der Waals surface area (Å²) < 4.78 is 5.45. The standard InChI is InChI=1S/C15H20O/c1-9-5-6-12-14(15(12,3)4)13-10(2)7-16-8-11(9)13/h5,7-8,12-14H,6H2,1-4H3/t12-,13-,14-/m0/s1. The van der Waals surface area contributed by atoms with Crippen LogP contribution in [-0.2, 0) is 4.74 Å². The lowest BCUT2D eigenvalue weighted by molar-refractivity contribution is 0.351. The molecule has 0 unspecified atom stereocenters. The van der Waals surface area contributed by atoms with Crippen LogP contribution in [-0.4, -0.2) is 0 Å². The molecule has 1 nitrogen and oxygen atoms in total. The third kappa shape index (κ3) is 1.17. The van der Waals surface area contributed by atoms with Gasteiger partial charge < -0.3 is 4.74 Å². The highest BCUT2D eigenvalue weighted by Crippen LogP contribution is 2.67. The Balaban J connectivity index is 2.06. The lowest BCUT2D eigenvalue weighted by atomic mass is 9.82. The zero-order valence-electron chi connectivity index (χ0n) is 10.6. The second-order valence-corrected chi connectivity index (χ2v) is 6.13. The predicted molar refractivity (Wildman–Crippen MR) is 65.6 cm³/mol. The first-order chi connectivity index (χ1) is 7.53. The molecule has 1 heterocycles. The molecule has 3 aliphatic rings. The van der Waals surface area contributed by atoms with Crippen LogP contribution in [0.4, 0.5) is 0 Å². The minimum atomic E-state index is 0.507. The Morgan fingerprint density at radius 2 is 2.00 bits per heavy atom. The van der Waals surface area contributed by atoms with Crippen molar-refractivity contribution >= 4 is 0 Å². The first-order valence-corrected chi connectivity index (χ1v) is 6.23. The Morgan fingerprint density at radius 1 is 1.25 bits per heavy atom. The van der Waals surface area contributed by atoms with E-state index in [1.165, 1.54) is 23.1 Å². The fourth-order valence-corrected chi connectivity index (χ4v) is 3.74. The van der Waals surface area contributed by atoms with Gasteiger partial charge in [-0.1, -0.05) is 19.9 Å². The fourth-order valence-electron chi connectivity index (χ4n) is 3.74. The lowest BCUT2D eigenvalue weighted by Crippen LogP contribution is -2.15. The van der Waals surface area contributed by atoms with Gasteiger partial charge in [0.2, 0.25) is 0 Å². The predicted octanol–water partition coefficient (Wildman–Crippen LogP) is 4.04. The highest BCUT2D eigenvalue weighted by atomic mass is 16.5. The summed E-state index contributed by atoms with van der Waals surface area (Å²) in [7, 11) is 0. The van der Waals surface area contributed by atoms with E-state index in [1.54, 1.807) is 0 Å². The molecule has 0 aromatic rings. The van der Waals surface area contributed by atoms with Gasteiger partial charge in [-0.25, -0.2) is 0 Å². The van der Waals surface area contributed by atoms with Crippen LogP contribution in [0.2, 0.25) is 0 Å². The van der Waals surface area contributed by atoms with Gasteiger partial charge in [-0.2, -0.15) is 0 Å². The van der Waals surface area contributed by atoms with Crippen LogP contribution in [0.15, 0.2) is 35.3 Å². The number of fused-ring (bicyclic) bond motifs is 3. The summed E-state index contributed by atoms with van der Waals surface area (Å²) in [6, 6.07) is 0. The van der Waals surface area contributed by atoms with Crippen LogP contribution in [0.3, 0.4) is 0 Å². The summed E-state index contributed by atoms with van der Waals surface area (Å²) in [5, 5.41) is 0. The molecule has 3 rings (SSSR count). The van der Waals surface area contributed by atoms with Gasteiger partial charge in [0.25, 0.3) is 0 Å². The molecule has 0 amide bonds. The van der Waals surface area contributed by atoms with Crippen molar-refractivity contribution in [3.05, 3.63) is 35.3 Å². The Bertz CT molecular complexity index is 423. The molecule has 0 bridgehead atoms. The quantitative estimate of drug-likeness (QED) is 0.593. The molecule has 86 valence electrons. The van der Waals surface area contributed by atoms with Crippen LogP contribution in [0.5, 0.6) is 0 Å². The van der Waals surface area contributed by atoms with Crippen LogP contribution in [0.25, 0.3) is 0 Å². The van der Waals surface area contributed by atoms with E-state index in [9.17, 15) is 0 Å². The number of ether oxygens (including phenoxy) is 1. The van der Waals surface area contributed by atoms with Gasteiger partial charge in [-0.05, 0) is 54.2 Å². The van der Waals surface area contributed by atoms with Crippen LogP contribution >= 0.6 is 0 Å². The Kier molecular flexibility index (Phi) is 1.93. The Labute approximate surface area is 97.9 Å². The first-order valence-electron chi connectivity index (χ1n) is 6.23. The van der Waals surface area contributed by atoms with Crippen molar-refractivity contribution in [1.29, 1.82) is 0 Å². The maximum Gasteiger partial charge on any atom is 0.0942 e. The summed E-state index contributed by atoms with van der Waals surface area (Å²) in [5.41, 5.74) is 4.74.